The van der Waals surface area contributed by atoms with Crippen molar-refractivity contribution in [3.8, 4) is 0 Å². The van der Waals surface area contributed by atoms with E-state index in [1.54, 1.807) is 19.2 Å². The smallest absolute Gasteiger partial charge is 0.248 e. The van der Waals surface area contributed by atoms with Gasteiger partial charge in [0.2, 0.25) is 21.8 Å². The lowest BCUT2D eigenvalue weighted by Crippen LogP contribution is -2.52. The Morgan fingerprint density at radius 1 is 0.968 bits per heavy atom. The summed E-state index contributed by atoms with van der Waals surface area (Å²) < 4.78 is 27.8. The Labute approximate surface area is 181 Å². The second kappa shape index (κ2) is 8.99. The van der Waals surface area contributed by atoms with E-state index >= 15 is 0 Å². The lowest BCUT2D eigenvalue weighted by molar-refractivity contribution is -0.122. The Hall–Kier alpha value is -3.04. The van der Waals surface area contributed by atoms with Crippen molar-refractivity contribution >= 4 is 33.3 Å². The summed E-state index contributed by atoms with van der Waals surface area (Å²) in [6.45, 7) is 1.65. The highest BCUT2D eigenvalue weighted by Crippen LogP contribution is 2.28. The van der Waals surface area contributed by atoms with Crippen molar-refractivity contribution in [2.24, 2.45) is 5.73 Å². The van der Waals surface area contributed by atoms with Crippen LogP contribution in [0.4, 0.5) is 5.69 Å². The number of hydrogen-bond acceptors (Lipinski definition) is 5. The van der Waals surface area contributed by atoms with Crippen LogP contribution in [0.25, 0.3) is 0 Å². The number of nitrogens with zero attached hydrogens (tertiary/aromatic N) is 2. The molecule has 1 unspecified atom stereocenters. The zero-order valence-electron chi connectivity index (χ0n) is 17.4. The van der Waals surface area contributed by atoms with Crippen LogP contribution in [-0.2, 0) is 14.8 Å². The first-order valence-corrected chi connectivity index (χ1v) is 11.4. The Morgan fingerprint density at radius 2 is 1.55 bits per heavy atom. The third kappa shape index (κ3) is 4.67. The zero-order valence-corrected chi connectivity index (χ0v) is 18.3. The summed E-state index contributed by atoms with van der Waals surface area (Å²) in [7, 11) is -2.35. The topological polar surface area (TPSA) is 118 Å². The van der Waals surface area contributed by atoms with E-state index in [0.717, 1.165) is 6.42 Å². The molecule has 1 saturated heterocycles. The van der Waals surface area contributed by atoms with Crippen LogP contribution in [0.5, 0.6) is 0 Å². The van der Waals surface area contributed by atoms with E-state index in [9.17, 15) is 22.8 Å². The van der Waals surface area contributed by atoms with Crippen molar-refractivity contribution in [1.82, 2.24) is 4.31 Å². The van der Waals surface area contributed by atoms with Crippen LogP contribution >= 0.6 is 0 Å². The van der Waals surface area contributed by atoms with Gasteiger partial charge in [0, 0.05) is 30.4 Å². The number of likely N-dealkylation sites (N-methyl/N-ethyl adjacent to an activating group) is 1. The number of anilines is 1. The van der Waals surface area contributed by atoms with Gasteiger partial charge in [0.05, 0.1) is 4.90 Å². The highest BCUT2D eigenvalue weighted by atomic mass is 32.2. The van der Waals surface area contributed by atoms with E-state index in [2.05, 4.69) is 0 Å². The number of sulfonamides is 1. The Kier molecular flexibility index (Phi) is 6.56. The Balaban J connectivity index is 1.87. The van der Waals surface area contributed by atoms with Crippen LogP contribution < -0.4 is 10.6 Å². The van der Waals surface area contributed by atoms with Gasteiger partial charge in [0.25, 0.3) is 0 Å². The molecule has 1 fully saturated rings. The lowest BCUT2D eigenvalue weighted by atomic mass is 10.0. The van der Waals surface area contributed by atoms with E-state index in [1.807, 2.05) is 0 Å². The number of primary amides is 1. The summed E-state index contributed by atoms with van der Waals surface area (Å²) in [5.41, 5.74) is 6.52. The van der Waals surface area contributed by atoms with Gasteiger partial charge in [-0.25, -0.2) is 8.42 Å². The van der Waals surface area contributed by atoms with Crippen molar-refractivity contribution in [2.75, 3.05) is 18.5 Å². The van der Waals surface area contributed by atoms with Crippen LogP contribution in [0.15, 0.2) is 53.4 Å². The predicted octanol–water partition coefficient (Wildman–Crippen LogP) is 2.19. The molecule has 1 atom stereocenters. The maximum absolute atomic E-state index is 13.3. The van der Waals surface area contributed by atoms with Gasteiger partial charge in [-0.15, -0.1) is 0 Å². The summed E-state index contributed by atoms with van der Waals surface area (Å²) in [4.78, 5) is 37.4. The molecule has 0 aliphatic carbocycles. The van der Waals surface area contributed by atoms with Gasteiger partial charge in [0.1, 0.15) is 6.04 Å². The van der Waals surface area contributed by atoms with E-state index in [-0.39, 0.29) is 23.1 Å². The molecular weight excluding hydrogens is 418 g/mol. The summed E-state index contributed by atoms with van der Waals surface area (Å²) >= 11 is 0. The molecule has 1 aliphatic heterocycles. The molecule has 3 rings (SSSR count). The fourth-order valence-corrected chi connectivity index (χ4v) is 5.29. The molecule has 0 bridgehead atoms. The minimum absolute atomic E-state index is 0.0469. The molecule has 2 aromatic carbocycles. The molecule has 1 heterocycles. The molecule has 0 radical (unpaired) electrons. The van der Waals surface area contributed by atoms with Crippen molar-refractivity contribution in [2.45, 2.75) is 37.1 Å². The SMILES string of the molecule is CC(=O)c1ccc(S(=O)(=O)N2CCCCC2C(=O)N(C)c2ccc(C(N)=O)cc2)cc1. The van der Waals surface area contributed by atoms with Gasteiger partial charge in [-0.2, -0.15) is 4.31 Å². The Morgan fingerprint density at radius 3 is 2.10 bits per heavy atom. The number of benzene rings is 2. The van der Waals surface area contributed by atoms with Gasteiger partial charge in [-0.1, -0.05) is 18.6 Å². The molecule has 8 nitrogen and oxygen atoms in total. The second-order valence-corrected chi connectivity index (χ2v) is 9.41. The molecule has 2 N–H and O–H groups in total. The summed E-state index contributed by atoms with van der Waals surface area (Å²) in [6.07, 6.45) is 1.80. The molecule has 0 saturated carbocycles. The molecule has 31 heavy (non-hydrogen) atoms. The zero-order chi connectivity index (χ0) is 22.8. The molecular formula is C22H25N3O5S. The van der Waals surface area contributed by atoms with Gasteiger partial charge < -0.3 is 10.6 Å². The molecule has 0 spiro atoms. The van der Waals surface area contributed by atoms with Crippen LogP contribution in [-0.4, -0.2) is 50.0 Å². The van der Waals surface area contributed by atoms with Crippen LogP contribution in [0.2, 0.25) is 0 Å². The number of nitrogens with two attached hydrogens (primary N) is 1. The standard InChI is InChI=1S/C22H25N3O5S/c1-15(26)16-8-12-19(13-9-16)31(29,30)25-14-4-3-5-20(25)22(28)24(2)18-10-6-17(7-11-18)21(23)27/h6-13,20H,3-5,14H2,1-2H3,(H2,23,27). The maximum atomic E-state index is 13.3. The lowest BCUT2D eigenvalue weighted by Gasteiger charge is -2.35. The van der Waals surface area contributed by atoms with Crippen molar-refractivity contribution in [3.63, 3.8) is 0 Å². The van der Waals surface area contributed by atoms with Gasteiger partial charge in [-0.05, 0) is 56.2 Å². The fourth-order valence-electron chi connectivity index (χ4n) is 3.64. The molecule has 9 heteroatoms. The van der Waals surface area contributed by atoms with Crippen LogP contribution in [0.3, 0.4) is 0 Å². The number of hydrogen-bond donors (Lipinski definition) is 1. The highest BCUT2D eigenvalue weighted by Gasteiger charge is 2.39. The number of ketones is 1. The molecule has 2 aromatic rings. The third-order valence-corrected chi connectivity index (χ3v) is 7.40. The number of carbonyl (C=O) groups excluding carboxylic acids is 3. The van der Waals surface area contributed by atoms with Crippen molar-refractivity contribution in [1.29, 1.82) is 0 Å². The normalized spacial score (nSPS) is 17.2. The van der Waals surface area contributed by atoms with E-state index in [4.69, 9.17) is 5.73 Å². The molecule has 2 amide bonds. The highest BCUT2D eigenvalue weighted by molar-refractivity contribution is 7.89. The average molecular weight is 444 g/mol. The van der Waals surface area contributed by atoms with E-state index in [1.165, 1.54) is 52.5 Å². The maximum Gasteiger partial charge on any atom is 0.248 e. The van der Waals surface area contributed by atoms with Gasteiger partial charge in [0.15, 0.2) is 5.78 Å². The minimum Gasteiger partial charge on any atom is -0.366 e. The molecule has 164 valence electrons. The first-order valence-electron chi connectivity index (χ1n) is 9.93. The van der Waals surface area contributed by atoms with Gasteiger partial charge in [-0.3, -0.25) is 14.4 Å². The monoisotopic (exact) mass is 443 g/mol. The largest absolute Gasteiger partial charge is 0.366 e. The van der Waals surface area contributed by atoms with Crippen molar-refractivity contribution in [3.05, 3.63) is 59.7 Å². The molecule has 0 aromatic heterocycles. The quantitative estimate of drug-likeness (QED) is 0.687. The first-order chi connectivity index (χ1) is 14.6. The van der Waals surface area contributed by atoms with Gasteiger partial charge >= 0.3 is 0 Å². The summed E-state index contributed by atoms with van der Waals surface area (Å²) in [5.74, 6) is -1.07. The second-order valence-electron chi connectivity index (χ2n) is 7.52. The number of carbonyl (C=O) groups is 3. The van der Waals surface area contributed by atoms with E-state index < -0.39 is 22.0 Å². The number of amides is 2. The van der Waals surface area contributed by atoms with E-state index in [0.29, 0.717) is 29.7 Å². The molecule has 1 aliphatic rings. The third-order valence-electron chi connectivity index (χ3n) is 5.48. The predicted molar refractivity (Wildman–Crippen MR) is 116 cm³/mol. The summed E-state index contributed by atoms with van der Waals surface area (Å²) in [6, 6.07) is 11.1. The number of piperidine rings is 1. The average Bonchev–Trinajstić information content (AvgIpc) is 2.78. The number of Topliss-reactive ketones (excluding diaryl/α,β-unsaturated/α-hetero) is 1. The fraction of sp³-hybridized carbons (Fsp3) is 0.318. The minimum atomic E-state index is -3.92. The number of rotatable bonds is 6. The Bertz CT molecular complexity index is 1090. The summed E-state index contributed by atoms with van der Waals surface area (Å²) in [5, 5.41) is 0. The van der Waals surface area contributed by atoms with Crippen LogP contribution in [0, 0.1) is 0 Å². The first kappa shape index (κ1) is 22.6. The van der Waals surface area contributed by atoms with Crippen LogP contribution in [0.1, 0.15) is 46.9 Å². The van der Waals surface area contributed by atoms with Crippen molar-refractivity contribution < 1.29 is 22.8 Å².